The van der Waals surface area contributed by atoms with Crippen LogP contribution in [0.5, 0.6) is 0 Å². The van der Waals surface area contributed by atoms with Gasteiger partial charge in [0.1, 0.15) is 0 Å². The summed E-state index contributed by atoms with van der Waals surface area (Å²) in [5.41, 5.74) is 1.72. The fourth-order valence-electron chi connectivity index (χ4n) is 3.91. The van der Waals surface area contributed by atoms with Gasteiger partial charge in [0.15, 0.2) is 0 Å². The molecular weight excluding hydrogens is 426 g/mol. The molecule has 168 valence electrons. The van der Waals surface area contributed by atoms with E-state index >= 15 is 0 Å². The maximum atomic E-state index is 12.7. The molecule has 2 amide bonds. The highest BCUT2D eigenvalue weighted by Gasteiger charge is 2.22. The summed E-state index contributed by atoms with van der Waals surface area (Å²) in [6.45, 7) is 2.66. The standard InChI is InChI=1S/C24H33N3O2S2/c1-18-16-31-22(26-18)14-8-9-15-25-24(29)20-12-6-7-13-21(20)30-17-23(28)27(2)19-10-4-3-5-11-19/h6-7,12-13,16,19H,3-5,8-11,14-15,17H2,1-2H3,(H,25,29). The molecule has 1 aliphatic rings. The van der Waals surface area contributed by atoms with E-state index in [9.17, 15) is 9.59 Å². The number of aryl methyl sites for hydroxylation is 2. The van der Waals surface area contributed by atoms with Gasteiger partial charge in [-0.25, -0.2) is 4.98 Å². The summed E-state index contributed by atoms with van der Waals surface area (Å²) in [6, 6.07) is 7.93. The molecule has 1 aromatic heterocycles. The van der Waals surface area contributed by atoms with Crippen LogP contribution in [0.25, 0.3) is 0 Å². The summed E-state index contributed by atoms with van der Waals surface area (Å²) in [6.07, 6.45) is 8.79. The third kappa shape index (κ3) is 7.35. The maximum absolute atomic E-state index is 12.7. The molecule has 0 aliphatic heterocycles. The third-order valence-corrected chi connectivity index (χ3v) is 7.85. The quantitative estimate of drug-likeness (QED) is 0.397. The van der Waals surface area contributed by atoms with Gasteiger partial charge in [0, 0.05) is 35.6 Å². The van der Waals surface area contributed by atoms with Gasteiger partial charge in [-0.15, -0.1) is 23.1 Å². The Balaban J connectivity index is 1.44. The van der Waals surface area contributed by atoms with Crippen molar-refractivity contribution in [2.75, 3.05) is 19.3 Å². The zero-order valence-corrected chi connectivity index (χ0v) is 20.2. The molecule has 1 aliphatic carbocycles. The highest BCUT2D eigenvalue weighted by atomic mass is 32.2. The fourth-order valence-corrected chi connectivity index (χ4v) is 5.70. The number of carbonyl (C=O) groups is 2. The van der Waals surface area contributed by atoms with Crippen molar-refractivity contribution in [1.29, 1.82) is 0 Å². The molecule has 0 atom stereocenters. The van der Waals surface area contributed by atoms with Crippen LogP contribution in [-0.2, 0) is 11.2 Å². The summed E-state index contributed by atoms with van der Waals surface area (Å²) >= 11 is 3.16. The van der Waals surface area contributed by atoms with Crippen molar-refractivity contribution < 1.29 is 9.59 Å². The van der Waals surface area contributed by atoms with Crippen LogP contribution in [0.15, 0.2) is 34.5 Å². The van der Waals surface area contributed by atoms with E-state index in [0.29, 0.717) is 23.9 Å². The average molecular weight is 460 g/mol. The Hall–Kier alpha value is -1.86. The van der Waals surface area contributed by atoms with E-state index in [4.69, 9.17) is 0 Å². The molecule has 5 nitrogen and oxygen atoms in total. The number of thioether (sulfide) groups is 1. The minimum atomic E-state index is -0.0683. The van der Waals surface area contributed by atoms with Crippen molar-refractivity contribution >= 4 is 34.9 Å². The van der Waals surface area contributed by atoms with E-state index in [1.165, 1.54) is 31.0 Å². The highest BCUT2D eigenvalue weighted by molar-refractivity contribution is 8.00. The largest absolute Gasteiger partial charge is 0.352 e. The molecule has 1 N–H and O–H groups in total. The second-order valence-electron chi connectivity index (χ2n) is 8.18. The molecule has 1 heterocycles. The van der Waals surface area contributed by atoms with Crippen LogP contribution in [0.2, 0.25) is 0 Å². The number of aromatic nitrogens is 1. The number of rotatable bonds is 10. The van der Waals surface area contributed by atoms with E-state index in [-0.39, 0.29) is 11.8 Å². The first-order valence-corrected chi connectivity index (χ1v) is 13.1. The summed E-state index contributed by atoms with van der Waals surface area (Å²) < 4.78 is 0. The van der Waals surface area contributed by atoms with Crippen molar-refractivity contribution in [3.63, 3.8) is 0 Å². The Kier molecular flexibility index (Phi) is 9.40. The SMILES string of the molecule is Cc1csc(CCCCNC(=O)c2ccccc2SCC(=O)N(C)C2CCCCC2)n1. The first-order chi connectivity index (χ1) is 15.0. The van der Waals surface area contributed by atoms with Crippen molar-refractivity contribution in [1.82, 2.24) is 15.2 Å². The zero-order chi connectivity index (χ0) is 22.1. The van der Waals surface area contributed by atoms with Crippen LogP contribution >= 0.6 is 23.1 Å². The minimum Gasteiger partial charge on any atom is -0.352 e. The first-order valence-electron chi connectivity index (χ1n) is 11.2. The predicted octanol–water partition coefficient (Wildman–Crippen LogP) is 5.09. The zero-order valence-electron chi connectivity index (χ0n) is 18.6. The molecule has 1 fully saturated rings. The number of hydrogen-bond acceptors (Lipinski definition) is 5. The Morgan fingerprint density at radius 3 is 2.71 bits per heavy atom. The van der Waals surface area contributed by atoms with E-state index in [0.717, 1.165) is 47.7 Å². The number of hydrogen-bond donors (Lipinski definition) is 1. The van der Waals surface area contributed by atoms with Crippen LogP contribution in [-0.4, -0.2) is 47.1 Å². The monoisotopic (exact) mass is 459 g/mol. The first kappa shape index (κ1) is 23.8. The summed E-state index contributed by atoms with van der Waals surface area (Å²) in [7, 11) is 1.92. The lowest BCUT2D eigenvalue weighted by atomic mass is 9.94. The van der Waals surface area contributed by atoms with Crippen molar-refractivity contribution in [3.8, 4) is 0 Å². The van der Waals surface area contributed by atoms with Gasteiger partial charge in [-0.1, -0.05) is 31.4 Å². The van der Waals surface area contributed by atoms with E-state index in [1.807, 2.05) is 43.1 Å². The smallest absolute Gasteiger partial charge is 0.252 e. The minimum absolute atomic E-state index is 0.0683. The molecule has 0 spiro atoms. The number of nitrogens with one attached hydrogen (secondary N) is 1. The Morgan fingerprint density at radius 2 is 1.97 bits per heavy atom. The second kappa shape index (κ2) is 12.2. The lowest BCUT2D eigenvalue weighted by Gasteiger charge is -2.31. The molecule has 2 aromatic rings. The number of amides is 2. The number of thiazole rings is 1. The normalized spacial score (nSPS) is 14.4. The lowest BCUT2D eigenvalue weighted by Crippen LogP contribution is -2.39. The number of benzene rings is 1. The topological polar surface area (TPSA) is 62.3 Å². The summed E-state index contributed by atoms with van der Waals surface area (Å²) in [5, 5.41) is 6.26. The maximum Gasteiger partial charge on any atom is 0.252 e. The van der Waals surface area contributed by atoms with Gasteiger partial charge in [0.25, 0.3) is 5.91 Å². The van der Waals surface area contributed by atoms with Gasteiger partial charge < -0.3 is 10.2 Å². The third-order valence-electron chi connectivity index (χ3n) is 5.77. The summed E-state index contributed by atoms with van der Waals surface area (Å²) in [4.78, 5) is 32.6. The van der Waals surface area contributed by atoms with Gasteiger partial charge in [-0.05, 0) is 51.2 Å². The summed E-state index contributed by atoms with van der Waals surface area (Å²) in [5.74, 6) is 0.440. The van der Waals surface area contributed by atoms with Gasteiger partial charge in [0.05, 0.1) is 16.3 Å². The van der Waals surface area contributed by atoms with Crippen molar-refractivity contribution in [2.24, 2.45) is 0 Å². The predicted molar refractivity (Wildman–Crippen MR) is 129 cm³/mol. The van der Waals surface area contributed by atoms with Crippen molar-refractivity contribution in [2.45, 2.75) is 69.2 Å². The second-order valence-corrected chi connectivity index (χ2v) is 10.1. The molecule has 3 rings (SSSR count). The molecule has 0 bridgehead atoms. The average Bonchev–Trinajstić information content (AvgIpc) is 3.22. The van der Waals surface area contributed by atoms with E-state index in [1.54, 1.807) is 11.3 Å². The fraction of sp³-hybridized carbons (Fsp3) is 0.542. The van der Waals surface area contributed by atoms with Crippen LogP contribution in [0.1, 0.15) is 66.0 Å². The van der Waals surface area contributed by atoms with Gasteiger partial charge in [-0.3, -0.25) is 9.59 Å². The molecule has 1 aromatic carbocycles. The lowest BCUT2D eigenvalue weighted by molar-refractivity contribution is -0.129. The Bertz CT molecular complexity index is 862. The van der Waals surface area contributed by atoms with Crippen LogP contribution in [0, 0.1) is 6.92 Å². The molecule has 7 heteroatoms. The number of unbranched alkanes of at least 4 members (excludes halogenated alkanes) is 1. The Labute approximate surface area is 194 Å². The van der Waals surface area contributed by atoms with E-state index < -0.39 is 0 Å². The molecule has 0 radical (unpaired) electrons. The molecule has 1 saturated carbocycles. The van der Waals surface area contributed by atoms with Gasteiger partial charge in [-0.2, -0.15) is 0 Å². The van der Waals surface area contributed by atoms with Crippen LogP contribution in [0.3, 0.4) is 0 Å². The Morgan fingerprint density at radius 1 is 1.19 bits per heavy atom. The highest BCUT2D eigenvalue weighted by Crippen LogP contribution is 2.25. The molecular formula is C24H33N3O2S2. The van der Waals surface area contributed by atoms with Gasteiger partial charge >= 0.3 is 0 Å². The number of nitrogens with zero attached hydrogens (tertiary/aromatic N) is 2. The van der Waals surface area contributed by atoms with Crippen LogP contribution < -0.4 is 5.32 Å². The number of carbonyl (C=O) groups excluding carboxylic acids is 2. The van der Waals surface area contributed by atoms with Gasteiger partial charge in [0.2, 0.25) is 5.91 Å². The molecule has 0 saturated heterocycles. The molecule has 31 heavy (non-hydrogen) atoms. The van der Waals surface area contributed by atoms with Crippen molar-refractivity contribution in [3.05, 3.63) is 45.9 Å². The van der Waals surface area contributed by atoms with E-state index in [2.05, 4.69) is 15.7 Å². The molecule has 0 unspecified atom stereocenters. The van der Waals surface area contributed by atoms with Crippen LogP contribution in [0.4, 0.5) is 0 Å².